The van der Waals surface area contributed by atoms with Crippen LogP contribution in [0.15, 0.2) is 18.2 Å². The molecule has 0 bridgehead atoms. The Bertz CT molecular complexity index is 584. The van der Waals surface area contributed by atoms with E-state index in [1.807, 2.05) is 18.2 Å². The number of fused-ring (bicyclic) bond motifs is 2. The number of nitrogens with one attached hydrogen (secondary N) is 1. The van der Waals surface area contributed by atoms with E-state index >= 15 is 0 Å². The molecule has 3 rings (SSSR count). The van der Waals surface area contributed by atoms with E-state index in [9.17, 15) is 4.79 Å². The van der Waals surface area contributed by atoms with Crippen LogP contribution in [0.3, 0.4) is 0 Å². The molecule has 20 heavy (non-hydrogen) atoms. The second-order valence-corrected chi connectivity index (χ2v) is 5.59. The van der Waals surface area contributed by atoms with Crippen LogP contribution in [0, 0.1) is 5.41 Å². The highest BCUT2D eigenvalue weighted by Crippen LogP contribution is 2.47. The van der Waals surface area contributed by atoms with Gasteiger partial charge in [0.1, 0.15) is 5.84 Å². The lowest BCUT2D eigenvalue weighted by atomic mass is 9.80. The average Bonchev–Trinajstić information content (AvgIpc) is 2.96. The van der Waals surface area contributed by atoms with Crippen LogP contribution >= 0.6 is 0 Å². The molecule has 5 nitrogen and oxygen atoms in total. The molecule has 1 amide bonds. The third-order valence-corrected chi connectivity index (χ3v) is 4.66. The highest BCUT2D eigenvalue weighted by molar-refractivity contribution is 5.99. The number of aliphatic hydroxyl groups excluding tert-OH is 1. The number of hydrogen-bond donors (Lipinski definition) is 3. The van der Waals surface area contributed by atoms with Gasteiger partial charge < -0.3 is 15.7 Å². The Labute approximate surface area is 117 Å². The van der Waals surface area contributed by atoms with Crippen LogP contribution in [0.2, 0.25) is 0 Å². The summed E-state index contributed by atoms with van der Waals surface area (Å²) in [6, 6.07) is 5.73. The SMILES string of the molecule is N=C(N)c1cccc2c1CCC21CCN(CCO)C1=O. The molecule has 0 radical (unpaired) electrons. The largest absolute Gasteiger partial charge is 0.395 e. The van der Waals surface area contributed by atoms with Crippen molar-refractivity contribution in [1.82, 2.24) is 4.90 Å². The Balaban J connectivity index is 2.04. The summed E-state index contributed by atoms with van der Waals surface area (Å²) in [5.41, 5.74) is 8.04. The lowest BCUT2D eigenvalue weighted by Crippen LogP contribution is -2.37. The zero-order chi connectivity index (χ0) is 14.3. The maximum Gasteiger partial charge on any atom is 0.233 e. The van der Waals surface area contributed by atoms with Gasteiger partial charge in [0.2, 0.25) is 5.91 Å². The van der Waals surface area contributed by atoms with E-state index in [2.05, 4.69) is 0 Å². The molecule has 1 aliphatic heterocycles. The first-order valence-corrected chi connectivity index (χ1v) is 6.97. The standard InChI is InChI=1S/C15H19N3O2/c16-13(17)11-2-1-3-12-10(11)4-5-15(12)6-7-18(8-9-19)14(15)20/h1-3,19H,4-9H2,(H3,16,17). The molecule has 5 heteroatoms. The molecule has 0 saturated carbocycles. The van der Waals surface area contributed by atoms with Gasteiger partial charge in [0.05, 0.1) is 12.0 Å². The van der Waals surface area contributed by atoms with E-state index in [4.69, 9.17) is 16.2 Å². The van der Waals surface area contributed by atoms with Crippen LogP contribution in [0.1, 0.15) is 29.5 Å². The van der Waals surface area contributed by atoms with Gasteiger partial charge in [-0.2, -0.15) is 0 Å². The monoisotopic (exact) mass is 273 g/mol. The predicted molar refractivity (Wildman–Crippen MR) is 75.7 cm³/mol. The molecule has 1 heterocycles. The van der Waals surface area contributed by atoms with E-state index < -0.39 is 5.41 Å². The van der Waals surface area contributed by atoms with Crippen molar-refractivity contribution >= 4 is 11.7 Å². The van der Waals surface area contributed by atoms with Gasteiger partial charge in [-0.05, 0) is 30.4 Å². The lowest BCUT2D eigenvalue weighted by molar-refractivity contribution is -0.132. The Morgan fingerprint density at radius 3 is 2.95 bits per heavy atom. The van der Waals surface area contributed by atoms with Gasteiger partial charge in [0.25, 0.3) is 0 Å². The minimum atomic E-state index is -0.448. The zero-order valence-corrected chi connectivity index (χ0v) is 11.4. The van der Waals surface area contributed by atoms with Gasteiger partial charge >= 0.3 is 0 Å². The summed E-state index contributed by atoms with van der Waals surface area (Å²) in [6.45, 7) is 1.10. The summed E-state index contributed by atoms with van der Waals surface area (Å²) in [6.07, 6.45) is 2.37. The molecule has 0 aromatic heterocycles. The molecule has 1 unspecified atom stereocenters. The van der Waals surface area contributed by atoms with Crippen molar-refractivity contribution in [1.29, 1.82) is 5.41 Å². The zero-order valence-electron chi connectivity index (χ0n) is 11.4. The number of likely N-dealkylation sites (tertiary alicyclic amines) is 1. The summed E-state index contributed by atoms with van der Waals surface area (Å²) in [7, 11) is 0. The summed E-state index contributed by atoms with van der Waals surface area (Å²) < 4.78 is 0. The highest BCUT2D eigenvalue weighted by Gasteiger charge is 2.51. The number of carbonyl (C=O) groups excluding carboxylic acids is 1. The fourth-order valence-electron chi connectivity index (χ4n) is 3.68. The molecule has 1 aromatic rings. The van der Waals surface area contributed by atoms with Crippen molar-refractivity contribution in [3.8, 4) is 0 Å². The Morgan fingerprint density at radius 2 is 2.25 bits per heavy atom. The lowest BCUT2D eigenvalue weighted by Gasteiger charge is -2.24. The van der Waals surface area contributed by atoms with E-state index in [1.165, 1.54) is 0 Å². The van der Waals surface area contributed by atoms with Crippen LogP contribution in [0.25, 0.3) is 0 Å². The van der Waals surface area contributed by atoms with Crippen LogP contribution < -0.4 is 5.73 Å². The molecule has 4 N–H and O–H groups in total. The summed E-state index contributed by atoms with van der Waals surface area (Å²) in [5.74, 6) is 0.183. The fourth-order valence-corrected chi connectivity index (χ4v) is 3.68. The predicted octanol–water partition coefficient (Wildman–Crippen LogP) is 0.379. The van der Waals surface area contributed by atoms with Gasteiger partial charge in [0.15, 0.2) is 0 Å². The van der Waals surface area contributed by atoms with Crippen molar-refractivity contribution in [3.05, 3.63) is 34.9 Å². The summed E-state index contributed by atoms with van der Waals surface area (Å²) in [4.78, 5) is 14.4. The minimum absolute atomic E-state index is 0.00215. The van der Waals surface area contributed by atoms with E-state index in [0.717, 1.165) is 36.0 Å². The van der Waals surface area contributed by atoms with Gasteiger partial charge in [-0.1, -0.05) is 18.2 Å². The second-order valence-electron chi connectivity index (χ2n) is 5.59. The van der Waals surface area contributed by atoms with E-state index in [-0.39, 0.29) is 18.3 Å². The quantitative estimate of drug-likeness (QED) is 0.549. The number of carbonyl (C=O) groups is 1. The van der Waals surface area contributed by atoms with Crippen LogP contribution in [-0.2, 0) is 16.6 Å². The number of aliphatic hydroxyl groups is 1. The van der Waals surface area contributed by atoms with Crippen molar-refractivity contribution in [3.63, 3.8) is 0 Å². The molecular weight excluding hydrogens is 254 g/mol. The molecule has 106 valence electrons. The van der Waals surface area contributed by atoms with Crippen LogP contribution in [0.5, 0.6) is 0 Å². The third kappa shape index (κ3) is 1.66. The normalized spacial score (nSPS) is 24.4. The molecule has 1 aromatic carbocycles. The number of amidine groups is 1. The van der Waals surface area contributed by atoms with Crippen LogP contribution in [0.4, 0.5) is 0 Å². The van der Waals surface area contributed by atoms with Gasteiger partial charge in [-0.15, -0.1) is 0 Å². The highest BCUT2D eigenvalue weighted by atomic mass is 16.3. The van der Waals surface area contributed by atoms with Gasteiger partial charge in [-0.25, -0.2) is 0 Å². The van der Waals surface area contributed by atoms with E-state index in [1.54, 1.807) is 4.90 Å². The van der Waals surface area contributed by atoms with Crippen molar-refractivity contribution in [2.24, 2.45) is 5.73 Å². The molecule has 1 saturated heterocycles. The second kappa shape index (κ2) is 4.59. The molecule has 1 fully saturated rings. The fraction of sp³-hybridized carbons (Fsp3) is 0.467. The maximum atomic E-state index is 12.7. The number of β-amino-alcohol motifs (C(OH)–C–C–N with tert-alkyl or cyclic N) is 1. The molecule has 1 aliphatic carbocycles. The molecular formula is C15H19N3O2. The summed E-state index contributed by atoms with van der Waals surface area (Å²) in [5, 5.41) is 16.7. The topological polar surface area (TPSA) is 90.4 Å². The Morgan fingerprint density at radius 1 is 1.45 bits per heavy atom. The Kier molecular flexibility index (Phi) is 3.01. The minimum Gasteiger partial charge on any atom is -0.395 e. The van der Waals surface area contributed by atoms with Crippen molar-refractivity contribution in [2.45, 2.75) is 24.7 Å². The first kappa shape index (κ1) is 13.1. The van der Waals surface area contributed by atoms with Gasteiger partial charge in [0, 0.05) is 18.7 Å². The third-order valence-electron chi connectivity index (χ3n) is 4.66. The smallest absolute Gasteiger partial charge is 0.233 e. The van der Waals surface area contributed by atoms with Crippen molar-refractivity contribution < 1.29 is 9.90 Å². The first-order valence-electron chi connectivity index (χ1n) is 6.97. The average molecular weight is 273 g/mol. The number of nitrogen functional groups attached to an aromatic ring is 1. The number of amides is 1. The number of nitrogens with two attached hydrogens (primary N) is 1. The Hall–Kier alpha value is -1.88. The number of benzene rings is 1. The molecule has 1 atom stereocenters. The van der Waals surface area contributed by atoms with E-state index in [0.29, 0.717) is 13.1 Å². The van der Waals surface area contributed by atoms with Gasteiger partial charge in [-0.3, -0.25) is 10.2 Å². The molecule has 2 aliphatic rings. The number of rotatable bonds is 3. The number of hydrogen-bond acceptors (Lipinski definition) is 3. The maximum absolute atomic E-state index is 12.7. The molecule has 1 spiro atoms. The first-order chi connectivity index (χ1) is 9.60. The number of nitrogens with zero attached hydrogens (tertiary/aromatic N) is 1. The summed E-state index contributed by atoms with van der Waals surface area (Å²) >= 11 is 0. The van der Waals surface area contributed by atoms with Crippen molar-refractivity contribution in [2.75, 3.05) is 19.7 Å². The van der Waals surface area contributed by atoms with Crippen LogP contribution in [-0.4, -0.2) is 41.4 Å².